The van der Waals surface area contributed by atoms with Crippen LogP contribution in [0.3, 0.4) is 0 Å². The molecule has 0 aromatic rings. The molecule has 1 aliphatic carbocycles. The van der Waals surface area contributed by atoms with E-state index in [4.69, 9.17) is 9.84 Å². The van der Waals surface area contributed by atoms with Crippen molar-refractivity contribution in [1.82, 2.24) is 10.6 Å². The van der Waals surface area contributed by atoms with E-state index in [0.29, 0.717) is 6.54 Å². The first-order valence-corrected chi connectivity index (χ1v) is 7.32. The van der Waals surface area contributed by atoms with Crippen molar-refractivity contribution in [2.75, 3.05) is 20.2 Å². The van der Waals surface area contributed by atoms with Gasteiger partial charge in [0.05, 0.1) is 12.5 Å². The third-order valence-electron chi connectivity index (χ3n) is 3.64. The largest absolute Gasteiger partial charge is 0.481 e. The number of carboxylic acid groups (broad SMARTS) is 1. The minimum absolute atomic E-state index is 0.0287. The van der Waals surface area contributed by atoms with E-state index >= 15 is 0 Å². The van der Waals surface area contributed by atoms with Gasteiger partial charge in [0, 0.05) is 32.5 Å². The van der Waals surface area contributed by atoms with Crippen LogP contribution in [0.4, 0.5) is 0 Å². The molecule has 0 saturated heterocycles. The maximum Gasteiger partial charge on any atom is 0.306 e. The first kappa shape index (κ1) is 17.4. The van der Waals surface area contributed by atoms with Gasteiger partial charge >= 0.3 is 5.97 Å². The molecule has 1 fully saturated rings. The van der Waals surface area contributed by atoms with Crippen LogP contribution in [0.15, 0.2) is 0 Å². The molecule has 1 saturated carbocycles. The van der Waals surface area contributed by atoms with Crippen molar-refractivity contribution < 1.29 is 24.2 Å². The molecular weight excluding hydrogens is 276 g/mol. The second-order valence-corrected chi connectivity index (χ2v) is 5.28. The average Bonchev–Trinajstić information content (AvgIpc) is 2.97. The fourth-order valence-electron chi connectivity index (χ4n) is 2.38. The Balaban J connectivity index is 2.12. The number of nitrogens with one attached hydrogen (secondary N) is 2. The lowest BCUT2D eigenvalue weighted by Crippen LogP contribution is -2.37. The van der Waals surface area contributed by atoms with E-state index in [1.165, 1.54) is 7.11 Å². The van der Waals surface area contributed by atoms with Gasteiger partial charge < -0.3 is 20.5 Å². The molecule has 7 heteroatoms. The van der Waals surface area contributed by atoms with E-state index in [1.54, 1.807) is 0 Å². The highest BCUT2D eigenvalue weighted by Gasteiger charge is 2.22. The zero-order chi connectivity index (χ0) is 15.7. The lowest BCUT2D eigenvalue weighted by Gasteiger charge is -2.14. The van der Waals surface area contributed by atoms with Crippen molar-refractivity contribution in [3.05, 3.63) is 0 Å². The van der Waals surface area contributed by atoms with Crippen LogP contribution >= 0.6 is 0 Å². The van der Waals surface area contributed by atoms with Gasteiger partial charge in [0.2, 0.25) is 11.8 Å². The van der Waals surface area contributed by atoms with Gasteiger partial charge in [0.15, 0.2) is 0 Å². The Labute approximate surface area is 124 Å². The van der Waals surface area contributed by atoms with Gasteiger partial charge in [-0.1, -0.05) is 12.8 Å². The summed E-state index contributed by atoms with van der Waals surface area (Å²) < 4.78 is 4.96. The molecule has 0 heterocycles. The quantitative estimate of drug-likeness (QED) is 0.567. The Bertz CT molecular complexity index is 366. The predicted octanol–water partition coefficient (Wildman–Crippen LogP) is 0.289. The molecule has 0 spiro atoms. The minimum atomic E-state index is -0.972. The van der Waals surface area contributed by atoms with Crippen LogP contribution in [0.5, 0.6) is 0 Å². The van der Waals surface area contributed by atoms with Crippen molar-refractivity contribution in [3.63, 3.8) is 0 Å². The maximum absolute atomic E-state index is 11.7. The Morgan fingerprint density at radius 1 is 1.24 bits per heavy atom. The van der Waals surface area contributed by atoms with E-state index in [2.05, 4.69) is 10.6 Å². The summed E-state index contributed by atoms with van der Waals surface area (Å²) in [5.74, 6) is -1.07. The molecule has 1 aliphatic rings. The number of carbonyl (C=O) groups is 3. The molecule has 0 aromatic heterocycles. The molecule has 3 N–H and O–H groups in total. The van der Waals surface area contributed by atoms with Gasteiger partial charge in [-0.05, 0) is 12.8 Å². The van der Waals surface area contributed by atoms with Gasteiger partial charge in [-0.2, -0.15) is 0 Å². The smallest absolute Gasteiger partial charge is 0.306 e. The van der Waals surface area contributed by atoms with E-state index in [0.717, 1.165) is 25.7 Å². The van der Waals surface area contributed by atoms with Crippen molar-refractivity contribution >= 4 is 17.8 Å². The molecule has 1 rings (SSSR count). The van der Waals surface area contributed by atoms with E-state index in [1.807, 2.05) is 0 Å². The fraction of sp³-hybridized carbons (Fsp3) is 0.786. The van der Waals surface area contributed by atoms with Crippen LogP contribution in [-0.2, 0) is 19.1 Å². The van der Waals surface area contributed by atoms with E-state index in [9.17, 15) is 14.4 Å². The summed E-state index contributed by atoms with van der Waals surface area (Å²) in [6.07, 6.45) is 3.54. The van der Waals surface area contributed by atoms with Crippen LogP contribution < -0.4 is 10.6 Å². The lowest BCUT2D eigenvalue weighted by molar-refractivity contribution is -0.140. The SMILES string of the molecule is COC(CNC(=O)CCNC(=O)C1CCCC1)CC(=O)O. The predicted molar refractivity (Wildman–Crippen MR) is 75.6 cm³/mol. The first-order chi connectivity index (χ1) is 10.0. The average molecular weight is 300 g/mol. The molecule has 1 atom stereocenters. The molecule has 1 unspecified atom stereocenters. The van der Waals surface area contributed by atoms with Crippen LogP contribution in [0.25, 0.3) is 0 Å². The van der Waals surface area contributed by atoms with Gasteiger partial charge in [-0.15, -0.1) is 0 Å². The van der Waals surface area contributed by atoms with Gasteiger partial charge in [0.25, 0.3) is 0 Å². The third-order valence-corrected chi connectivity index (χ3v) is 3.64. The van der Waals surface area contributed by atoms with Crippen molar-refractivity contribution in [2.24, 2.45) is 5.92 Å². The maximum atomic E-state index is 11.7. The summed E-state index contributed by atoms with van der Waals surface area (Å²) >= 11 is 0. The number of amides is 2. The number of methoxy groups -OCH3 is 1. The normalized spacial score (nSPS) is 16.4. The topological polar surface area (TPSA) is 105 Å². The van der Waals surface area contributed by atoms with Gasteiger partial charge in [-0.25, -0.2) is 0 Å². The van der Waals surface area contributed by atoms with Crippen molar-refractivity contribution in [2.45, 2.75) is 44.6 Å². The third kappa shape index (κ3) is 7.08. The highest BCUT2D eigenvalue weighted by molar-refractivity contribution is 5.80. The number of hydrogen-bond acceptors (Lipinski definition) is 4. The Hall–Kier alpha value is -1.63. The monoisotopic (exact) mass is 300 g/mol. The minimum Gasteiger partial charge on any atom is -0.481 e. The van der Waals surface area contributed by atoms with E-state index < -0.39 is 12.1 Å². The summed E-state index contributed by atoms with van der Waals surface area (Å²) in [4.78, 5) is 33.9. The fourth-order valence-corrected chi connectivity index (χ4v) is 2.38. The molecule has 0 aliphatic heterocycles. The molecule has 0 radical (unpaired) electrons. The zero-order valence-electron chi connectivity index (χ0n) is 12.4. The molecule has 120 valence electrons. The number of rotatable bonds is 9. The Kier molecular flexibility index (Phi) is 7.74. The zero-order valence-corrected chi connectivity index (χ0v) is 12.4. The second kappa shape index (κ2) is 9.33. The molecular formula is C14H24N2O5. The highest BCUT2D eigenvalue weighted by Crippen LogP contribution is 2.24. The second-order valence-electron chi connectivity index (χ2n) is 5.28. The van der Waals surface area contributed by atoms with Crippen molar-refractivity contribution in [1.29, 1.82) is 0 Å². The first-order valence-electron chi connectivity index (χ1n) is 7.32. The van der Waals surface area contributed by atoms with Gasteiger partial charge in [0.1, 0.15) is 0 Å². The molecule has 2 amide bonds. The lowest BCUT2D eigenvalue weighted by atomic mass is 10.1. The summed E-state index contributed by atoms with van der Waals surface area (Å²) in [7, 11) is 1.40. The highest BCUT2D eigenvalue weighted by atomic mass is 16.5. The summed E-state index contributed by atoms with van der Waals surface area (Å²) in [5.41, 5.74) is 0. The molecule has 0 bridgehead atoms. The van der Waals surface area contributed by atoms with Crippen molar-refractivity contribution in [3.8, 4) is 0 Å². The summed E-state index contributed by atoms with van der Waals surface area (Å²) in [5, 5.41) is 14.0. The number of ether oxygens (including phenoxy) is 1. The van der Waals surface area contributed by atoms with Crippen LogP contribution in [0.1, 0.15) is 38.5 Å². The summed E-state index contributed by atoms with van der Waals surface area (Å²) in [6.45, 7) is 0.454. The van der Waals surface area contributed by atoms with E-state index in [-0.39, 0.29) is 37.1 Å². The van der Waals surface area contributed by atoms with Gasteiger partial charge in [-0.3, -0.25) is 14.4 Å². The van der Waals surface area contributed by atoms with Crippen LogP contribution in [0.2, 0.25) is 0 Å². The molecule has 0 aromatic carbocycles. The number of aliphatic carboxylic acids is 1. The molecule has 7 nitrogen and oxygen atoms in total. The van der Waals surface area contributed by atoms with Crippen LogP contribution in [-0.4, -0.2) is 49.2 Å². The summed E-state index contributed by atoms with van der Waals surface area (Å²) in [6, 6.07) is 0. The number of carboxylic acids is 1. The Morgan fingerprint density at radius 3 is 2.48 bits per heavy atom. The Morgan fingerprint density at radius 2 is 1.90 bits per heavy atom. The number of carbonyl (C=O) groups excluding carboxylic acids is 2. The standard InChI is InChI=1S/C14H24N2O5/c1-21-11(8-13(18)19)9-16-12(17)6-7-15-14(20)10-4-2-3-5-10/h10-11H,2-9H2,1H3,(H,15,20)(H,16,17)(H,18,19). The number of hydrogen-bond donors (Lipinski definition) is 3. The van der Waals surface area contributed by atoms with Crippen LogP contribution in [0, 0.1) is 5.92 Å². The molecule has 21 heavy (non-hydrogen) atoms.